The van der Waals surface area contributed by atoms with Gasteiger partial charge in [0.25, 0.3) is 0 Å². The van der Waals surface area contributed by atoms with Crippen LogP contribution in [0.15, 0.2) is 78.9 Å². The molecular weight excluding hydrogens is 341 g/mol. The van der Waals surface area contributed by atoms with Gasteiger partial charge in [0.1, 0.15) is 30.5 Å². The number of benzene rings is 3. The Hall–Kier alpha value is -2.85. The van der Waals surface area contributed by atoms with Crippen LogP contribution in [0, 0.1) is 5.82 Å². The SMILES string of the molecule is CC(NCc1ccc(F)cc1)c1ccccc1OCCOc1ccccc1. The average Bonchev–Trinajstić information content (AvgIpc) is 2.71. The first kappa shape index (κ1) is 18.9. The van der Waals surface area contributed by atoms with Crippen LogP contribution in [0.5, 0.6) is 11.5 Å². The molecule has 0 amide bonds. The summed E-state index contributed by atoms with van der Waals surface area (Å²) in [7, 11) is 0. The number of nitrogens with one attached hydrogen (secondary N) is 1. The Morgan fingerprint density at radius 2 is 1.48 bits per heavy atom. The van der Waals surface area contributed by atoms with E-state index < -0.39 is 0 Å². The Morgan fingerprint density at radius 3 is 2.26 bits per heavy atom. The topological polar surface area (TPSA) is 30.5 Å². The lowest BCUT2D eigenvalue weighted by atomic mass is 10.1. The average molecular weight is 365 g/mol. The summed E-state index contributed by atoms with van der Waals surface area (Å²) in [6.45, 7) is 3.70. The van der Waals surface area contributed by atoms with Crippen LogP contribution in [0.1, 0.15) is 24.1 Å². The van der Waals surface area contributed by atoms with Gasteiger partial charge in [0.2, 0.25) is 0 Å². The van der Waals surface area contributed by atoms with Crippen molar-refractivity contribution in [3.63, 3.8) is 0 Å². The lowest BCUT2D eigenvalue weighted by Crippen LogP contribution is -2.19. The van der Waals surface area contributed by atoms with Gasteiger partial charge in [0.05, 0.1) is 0 Å². The van der Waals surface area contributed by atoms with Crippen molar-refractivity contribution >= 4 is 0 Å². The van der Waals surface area contributed by atoms with E-state index in [-0.39, 0.29) is 11.9 Å². The third kappa shape index (κ3) is 5.83. The van der Waals surface area contributed by atoms with Crippen LogP contribution in [0.4, 0.5) is 4.39 Å². The Kier molecular flexibility index (Phi) is 6.83. The molecule has 0 aliphatic carbocycles. The normalized spacial score (nSPS) is 11.8. The smallest absolute Gasteiger partial charge is 0.124 e. The fraction of sp³-hybridized carbons (Fsp3) is 0.217. The highest BCUT2D eigenvalue weighted by atomic mass is 19.1. The molecule has 3 rings (SSSR count). The summed E-state index contributed by atoms with van der Waals surface area (Å²) in [5.41, 5.74) is 2.12. The minimum absolute atomic E-state index is 0.0984. The summed E-state index contributed by atoms with van der Waals surface area (Å²) < 4.78 is 24.6. The van der Waals surface area contributed by atoms with Crippen molar-refractivity contribution in [2.75, 3.05) is 13.2 Å². The molecule has 0 spiro atoms. The molecule has 3 nitrogen and oxygen atoms in total. The largest absolute Gasteiger partial charge is 0.490 e. The van der Waals surface area contributed by atoms with Crippen LogP contribution in [-0.2, 0) is 6.54 Å². The van der Waals surface area contributed by atoms with E-state index in [9.17, 15) is 4.39 Å². The summed E-state index contributed by atoms with van der Waals surface area (Å²) in [5.74, 6) is 1.46. The van der Waals surface area contributed by atoms with Crippen molar-refractivity contribution in [3.8, 4) is 11.5 Å². The summed E-state index contributed by atoms with van der Waals surface area (Å²) in [4.78, 5) is 0. The number of halogens is 1. The number of ether oxygens (including phenoxy) is 2. The Bertz CT molecular complexity index is 821. The summed E-state index contributed by atoms with van der Waals surface area (Å²) >= 11 is 0. The molecular formula is C23H24FNO2. The fourth-order valence-corrected chi connectivity index (χ4v) is 2.78. The van der Waals surface area contributed by atoms with Crippen molar-refractivity contribution in [1.82, 2.24) is 5.32 Å². The van der Waals surface area contributed by atoms with Gasteiger partial charge in [0, 0.05) is 18.2 Å². The Labute approximate surface area is 159 Å². The maximum atomic E-state index is 13.0. The molecule has 0 aromatic heterocycles. The van der Waals surface area contributed by atoms with Gasteiger partial charge in [-0.25, -0.2) is 4.39 Å². The highest BCUT2D eigenvalue weighted by Crippen LogP contribution is 2.25. The number of rotatable bonds is 9. The molecule has 27 heavy (non-hydrogen) atoms. The summed E-state index contributed by atoms with van der Waals surface area (Å²) in [6.07, 6.45) is 0. The molecule has 3 aromatic carbocycles. The van der Waals surface area contributed by atoms with E-state index in [1.54, 1.807) is 12.1 Å². The molecule has 3 aromatic rings. The van der Waals surface area contributed by atoms with Gasteiger partial charge in [-0.1, -0.05) is 48.5 Å². The van der Waals surface area contributed by atoms with Crippen LogP contribution < -0.4 is 14.8 Å². The van der Waals surface area contributed by atoms with Crippen LogP contribution in [0.2, 0.25) is 0 Å². The standard InChI is InChI=1S/C23H24FNO2/c1-18(25-17-19-11-13-20(24)14-12-19)22-9-5-6-10-23(22)27-16-15-26-21-7-3-2-4-8-21/h2-14,18,25H,15-17H2,1H3. The predicted octanol–water partition coefficient (Wildman–Crippen LogP) is 5.13. The van der Waals surface area contributed by atoms with Gasteiger partial charge in [0.15, 0.2) is 0 Å². The molecule has 0 aliphatic heterocycles. The van der Waals surface area contributed by atoms with E-state index in [1.165, 1.54) is 12.1 Å². The predicted molar refractivity (Wildman–Crippen MR) is 106 cm³/mol. The molecule has 1 unspecified atom stereocenters. The highest BCUT2D eigenvalue weighted by molar-refractivity contribution is 5.35. The monoisotopic (exact) mass is 365 g/mol. The Balaban J connectivity index is 1.52. The molecule has 0 heterocycles. The highest BCUT2D eigenvalue weighted by Gasteiger charge is 2.11. The van der Waals surface area contributed by atoms with Gasteiger partial charge in [-0.2, -0.15) is 0 Å². The van der Waals surface area contributed by atoms with Gasteiger partial charge in [-0.15, -0.1) is 0 Å². The minimum atomic E-state index is -0.219. The number of hydrogen-bond donors (Lipinski definition) is 1. The second-order valence-corrected chi connectivity index (χ2v) is 6.28. The molecule has 1 N–H and O–H groups in total. The molecule has 140 valence electrons. The van der Waals surface area contributed by atoms with Crippen LogP contribution >= 0.6 is 0 Å². The fourth-order valence-electron chi connectivity index (χ4n) is 2.78. The van der Waals surface area contributed by atoms with Crippen molar-refractivity contribution in [3.05, 3.63) is 95.8 Å². The van der Waals surface area contributed by atoms with Crippen molar-refractivity contribution in [2.24, 2.45) is 0 Å². The molecule has 0 radical (unpaired) electrons. The van der Waals surface area contributed by atoms with E-state index in [1.807, 2.05) is 48.5 Å². The molecule has 0 saturated heterocycles. The second kappa shape index (κ2) is 9.74. The first-order chi connectivity index (χ1) is 13.2. The zero-order valence-corrected chi connectivity index (χ0v) is 15.4. The van der Waals surface area contributed by atoms with Crippen molar-refractivity contribution in [1.29, 1.82) is 0 Å². The summed E-state index contributed by atoms with van der Waals surface area (Å²) in [6, 6.07) is 24.3. The molecule has 0 fully saturated rings. The maximum absolute atomic E-state index is 13.0. The number of hydrogen-bond acceptors (Lipinski definition) is 3. The number of para-hydroxylation sites is 2. The maximum Gasteiger partial charge on any atom is 0.124 e. The van der Waals surface area contributed by atoms with Crippen molar-refractivity contribution < 1.29 is 13.9 Å². The lowest BCUT2D eigenvalue weighted by Gasteiger charge is -2.18. The van der Waals surface area contributed by atoms with Crippen LogP contribution in [-0.4, -0.2) is 13.2 Å². The third-order valence-electron chi connectivity index (χ3n) is 4.26. The third-order valence-corrected chi connectivity index (χ3v) is 4.26. The second-order valence-electron chi connectivity index (χ2n) is 6.28. The van der Waals surface area contributed by atoms with Crippen LogP contribution in [0.25, 0.3) is 0 Å². The molecule has 4 heteroatoms. The van der Waals surface area contributed by atoms with Crippen molar-refractivity contribution in [2.45, 2.75) is 19.5 Å². The quantitative estimate of drug-likeness (QED) is 0.533. The zero-order valence-electron chi connectivity index (χ0n) is 15.4. The van der Waals surface area contributed by atoms with Gasteiger partial charge >= 0.3 is 0 Å². The Morgan fingerprint density at radius 1 is 0.815 bits per heavy atom. The van der Waals surface area contributed by atoms with Crippen LogP contribution in [0.3, 0.4) is 0 Å². The van der Waals surface area contributed by atoms with Gasteiger partial charge in [-0.3, -0.25) is 0 Å². The van der Waals surface area contributed by atoms with E-state index in [2.05, 4.69) is 18.3 Å². The molecule has 1 atom stereocenters. The lowest BCUT2D eigenvalue weighted by molar-refractivity contribution is 0.215. The zero-order chi connectivity index (χ0) is 18.9. The molecule has 0 saturated carbocycles. The summed E-state index contributed by atoms with van der Waals surface area (Å²) in [5, 5.41) is 3.46. The van der Waals surface area contributed by atoms with E-state index in [4.69, 9.17) is 9.47 Å². The molecule has 0 aliphatic rings. The van der Waals surface area contributed by atoms with E-state index in [0.717, 1.165) is 22.6 Å². The minimum Gasteiger partial charge on any atom is -0.490 e. The van der Waals surface area contributed by atoms with Gasteiger partial charge < -0.3 is 14.8 Å². The van der Waals surface area contributed by atoms with E-state index >= 15 is 0 Å². The first-order valence-corrected chi connectivity index (χ1v) is 9.10. The first-order valence-electron chi connectivity index (χ1n) is 9.10. The van der Waals surface area contributed by atoms with Gasteiger partial charge in [-0.05, 0) is 42.8 Å². The molecule has 0 bridgehead atoms. The van der Waals surface area contributed by atoms with E-state index in [0.29, 0.717) is 19.8 Å².